The van der Waals surface area contributed by atoms with Crippen LogP contribution in [0.25, 0.3) is 0 Å². The molecule has 2 fully saturated rings. The third-order valence-electron chi connectivity index (χ3n) is 4.74. The first-order chi connectivity index (χ1) is 10.8. The fraction of sp³-hybridized carbons (Fsp3) is 0.571. The van der Waals surface area contributed by atoms with Gasteiger partial charge in [0.25, 0.3) is 0 Å². The summed E-state index contributed by atoms with van der Waals surface area (Å²) in [7, 11) is -4.64. The molecule has 2 saturated heterocycles. The van der Waals surface area contributed by atoms with E-state index in [0.717, 1.165) is 30.2 Å². The quantitative estimate of drug-likeness (QED) is 0.625. The Morgan fingerprint density at radius 2 is 1.54 bits per heavy atom. The van der Waals surface area contributed by atoms with E-state index in [0.29, 0.717) is 6.42 Å². The summed E-state index contributed by atoms with van der Waals surface area (Å²) >= 11 is 0. The maximum atomic E-state index is 13.8. The van der Waals surface area contributed by atoms with Crippen LogP contribution in [0.3, 0.4) is 0 Å². The fourth-order valence-corrected chi connectivity index (χ4v) is 5.05. The smallest absolute Gasteiger partial charge is 0.249 e. The summed E-state index contributed by atoms with van der Waals surface area (Å²) in [5.74, 6) is -7.21. The molecular weight excluding hydrogens is 372 g/mol. The first-order valence-electron chi connectivity index (χ1n) is 7.31. The van der Waals surface area contributed by atoms with Crippen LogP contribution in [-0.4, -0.2) is 38.9 Å². The number of hydrogen-bond acceptors (Lipinski definition) is 3. The zero-order chi connectivity index (χ0) is 16.8. The normalized spacial score (nSPS) is 21.0. The predicted molar refractivity (Wildman–Crippen MR) is 81.4 cm³/mol. The first-order valence-corrected chi connectivity index (χ1v) is 8.75. The van der Waals surface area contributed by atoms with Crippen molar-refractivity contribution in [2.45, 2.75) is 24.2 Å². The Morgan fingerprint density at radius 3 is 2.08 bits per heavy atom. The maximum Gasteiger partial charge on any atom is 0.249 e. The van der Waals surface area contributed by atoms with Gasteiger partial charge in [0.15, 0.2) is 28.2 Å². The van der Waals surface area contributed by atoms with Crippen LogP contribution in [0.15, 0.2) is 11.0 Å². The molecule has 0 amide bonds. The average Bonchev–Trinajstić information content (AvgIpc) is 2.90. The summed E-state index contributed by atoms with van der Waals surface area (Å²) in [6, 6.07) is 0.00195. The Bertz CT molecular complexity index is 713. The van der Waals surface area contributed by atoms with Gasteiger partial charge >= 0.3 is 0 Å². The van der Waals surface area contributed by atoms with Crippen LogP contribution in [0.4, 0.5) is 17.6 Å². The van der Waals surface area contributed by atoms with Crippen LogP contribution in [-0.2, 0) is 10.0 Å². The number of nitrogens with one attached hydrogen (secondary N) is 1. The van der Waals surface area contributed by atoms with Gasteiger partial charge in [-0.2, -0.15) is 4.31 Å². The van der Waals surface area contributed by atoms with E-state index in [1.165, 1.54) is 0 Å². The molecule has 1 N–H and O–H groups in total. The zero-order valence-corrected chi connectivity index (χ0v) is 14.3. The van der Waals surface area contributed by atoms with Gasteiger partial charge in [-0.15, -0.1) is 12.4 Å². The van der Waals surface area contributed by atoms with Gasteiger partial charge in [-0.1, -0.05) is 0 Å². The highest BCUT2D eigenvalue weighted by molar-refractivity contribution is 7.89. The maximum absolute atomic E-state index is 13.8. The molecule has 2 aliphatic heterocycles. The molecule has 0 unspecified atom stereocenters. The molecule has 0 atom stereocenters. The van der Waals surface area contributed by atoms with Crippen molar-refractivity contribution in [3.8, 4) is 0 Å². The topological polar surface area (TPSA) is 49.4 Å². The van der Waals surface area contributed by atoms with Crippen molar-refractivity contribution in [2.75, 3.05) is 26.2 Å². The molecule has 0 saturated carbocycles. The van der Waals surface area contributed by atoms with Gasteiger partial charge in [-0.25, -0.2) is 26.0 Å². The van der Waals surface area contributed by atoms with E-state index in [2.05, 4.69) is 5.32 Å². The van der Waals surface area contributed by atoms with Crippen LogP contribution in [0.1, 0.15) is 19.3 Å². The lowest BCUT2D eigenvalue weighted by atomic mass is 9.78. The predicted octanol–water partition coefficient (Wildman–Crippen LogP) is 2.43. The van der Waals surface area contributed by atoms with Crippen LogP contribution in [0, 0.1) is 28.7 Å². The van der Waals surface area contributed by atoms with Gasteiger partial charge in [0.05, 0.1) is 0 Å². The molecule has 1 aromatic carbocycles. The monoisotopic (exact) mass is 388 g/mol. The van der Waals surface area contributed by atoms with E-state index < -0.39 is 38.2 Å². The number of halogens is 5. The summed E-state index contributed by atoms with van der Waals surface area (Å²) in [4.78, 5) is -1.54. The highest BCUT2D eigenvalue weighted by atomic mass is 35.5. The second kappa shape index (κ2) is 6.78. The largest absolute Gasteiger partial charge is 0.317 e. The van der Waals surface area contributed by atoms with Crippen LogP contribution in [0.5, 0.6) is 0 Å². The Labute approximate surface area is 143 Å². The van der Waals surface area contributed by atoms with E-state index in [1.807, 2.05) is 0 Å². The standard InChI is InChI=1S/C14H16F4N2O2S.ClH/c15-9-7-10(16)12(18)13(11(9)17)23(21,22)20-6-3-14(8-20)1-4-19-5-2-14;/h7,19H,1-6,8H2;1H. The highest BCUT2D eigenvalue weighted by Gasteiger charge is 2.45. The molecule has 136 valence electrons. The fourth-order valence-electron chi connectivity index (χ4n) is 3.37. The molecule has 0 aliphatic carbocycles. The van der Waals surface area contributed by atoms with E-state index in [9.17, 15) is 26.0 Å². The summed E-state index contributed by atoms with van der Waals surface area (Å²) in [5.41, 5.74) is -0.239. The van der Waals surface area contributed by atoms with E-state index >= 15 is 0 Å². The molecule has 4 nitrogen and oxygen atoms in total. The van der Waals surface area contributed by atoms with Crippen molar-refractivity contribution in [2.24, 2.45) is 5.41 Å². The van der Waals surface area contributed by atoms with Crippen LogP contribution in [0.2, 0.25) is 0 Å². The molecule has 2 heterocycles. The zero-order valence-electron chi connectivity index (χ0n) is 12.6. The number of rotatable bonds is 2. The number of nitrogens with zero attached hydrogens (tertiary/aromatic N) is 1. The summed E-state index contributed by atoms with van der Waals surface area (Å²) in [6.07, 6.45) is 2.07. The van der Waals surface area contributed by atoms with Gasteiger partial charge in [-0.05, 0) is 37.8 Å². The van der Waals surface area contributed by atoms with Crippen molar-refractivity contribution in [3.63, 3.8) is 0 Å². The minimum Gasteiger partial charge on any atom is -0.317 e. The van der Waals surface area contributed by atoms with Gasteiger partial charge in [0.2, 0.25) is 10.0 Å². The summed E-state index contributed by atoms with van der Waals surface area (Å²) in [5, 5.41) is 3.17. The molecule has 3 rings (SSSR count). The lowest BCUT2D eigenvalue weighted by Gasteiger charge is -2.33. The molecule has 0 radical (unpaired) electrons. The SMILES string of the molecule is Cl.O=S(=O)(c1c(F)c(F)cc(F)c1F)N1CCC2(CCNCC2)C1. The minimum atomic E-state index is -4.64. The molecule has 24 heavy (non-hydrogen) atoms. The molecule has 2 aliphatic rings. The average molecular weight is 389 g/mol. The molecule has 1 aromatic rings. The Hall–Kier alpha value is -0.900. The Kier molecular flexibility index (Phi) is 5.49. The van der Waals surface area contributed by atoms with Gasteiger partial charge in [-0.3, -0.25) is 0 Å². The minimum absolute atomic E-state index is 0. The molecule has 0 bridgehead atoms. The molecule has 0 aromatic heterocycles. The third-order valence-corrected chi connectivity index (χ3v) is 6.60. The Balaban J connectivity index is 0.00000208. The highest BCUT2D eigenvalue weighted by Crippen LogP contribution is 2.41. The van der Waals surface area contributed by atoms with Crippen molar-refractivity contribution in [3.05, 3.63) is 29.3 Å². The molecular formula is C14H17ClF4N2O2S. The molecule has 10 heteroatoms. The number of benzene rings is 1. The molecule has 1 spiro atoms. The summed E-state index contributed by atoms with van der Waals surface area (Å²) in [6.45, 7) is 1.67. The number of hydrogen-bond donors (Lipinski definition) is 1. The van der Waals surface area contributed by atoms with E-state index in [4.69, 9.17) is 0 Å². The lowest BCUT2D eigenvalue weighted by molar-refractivity contribution is 0.218. The second-order valence-electron chi connectivity index (χ2n) is 6.14. The number of piperidine rings is 1. The van der Waals surface area contributed by atoms with Crippen molar-refractivity contribution in [1.82, 2.24) is 9.62 Å². The third kappa shape index (κ3) is 3.14. The lowest BCUT2D eigenvalue weighted by Crippen LogP contribution is -2.40. The Morgan fingerprint density at radius 1 is 1.00 bits per heavy atom. The second-order valence-corrected chi connectivity index (χ2v) is 8.01. The van der Waals surface area contributed by atoms with Crippen molar-refractivity contribution >= 4 is 22.4 Å². The van der Waals surface area contributed by atoms with Crippen molar-refractivity contribution in [1.29, 1.82) is 0 Å². The van der Waals surface area contributed by atoms with Crippen LogP contribution >= 0.6 is 12.4 Å². The van der Waals surface area contributed by atoms with Crippen molar-refractivity contribution < 1.29 is 26.0 Å². The van der Waals surface area contributed by atoms with Crippen LogP contribution < -0.4 is 5.32 Å². The first kappa shape index (κ1) is 19.4. The van der Waals surface area contributed by atoms with Gasteiger partial charge < -0.3 is 5.32 Å². The van der Waals surface area contributed by atoms with E-state index in [1.54, 1.807) is 0 Å². The summed E-state index contributed by atoms with van der Waals surface area (Å²) < 4.78 is 80.2. The van der Waals surface area contributed by atoms with Gasteiger partial charge in [0, 0.05) is 19.2 Å². The number of sulfonamides is 1. The van der Waals surface area contributed by atoms with E-state index in [-0.39, 0.29) is 37.0 Å². The van der Waals surface area contributed by atoms with Gasteiger partial charge in [0.1, 0.15) is 0 Å².